The van der Waals surface area contributed by atoms with Crippen molar-refractivity contribution in [2.75, 3.05) is 26.2 Å². The SMILES string of the molecule is O=C(NCC1CN(Cc2ccccc2)CCO1)C(Sc1ccccc1)c1ccccc1. The highest BCUT2D eigenvalue weighted by atomic mass is 32.2. The molecule has 5 heteroatoms. The number of nitrogens with zero attached hydrogens (tertiary/aromatic N) is 1. The Morgan fingerprint density at radius 1 is 0.968 bits per heavy atom. The molecule has 0 spiro atoms. The maximum Gasteiger partial charge on any atom is 0.238 e. The fourth-order valence-corrected chi connectivity index (χ4v) is 4.80. The van der Waals surface area contributed by atoms with E-state index in [1.54, 1.807) is 11.8 Å². The molecule has 3 aromatic carbocycles. The average molecular weight is 433 g/mol. The minimum absolute atomic E-state index is 0.000407. The van der Waals surface area contributed by atoms with Gasteiger partial charge in [0, 0.05) is 31.1 Å². The number of benzene rings is 3. The van der Waals surface area contributed by atoms with E-state index >= 15 is 0 Å². The lowest BCUT2D eigenvalue weighted by Gasteiger charge is -2.33. The van der Waals surface area contributed by atoms with Crippen molar-refractivity contribution in [1.29, 1.82) is 0 Å². The molecule has 0 bridgehead atoms. The molecule has 1 N–H and O–H groups in total. The summed E-state index contributed by atoms with van der Waals surface area (Å²) in [6.07, 6.45) is -0.000407. The molecule has 4 rings (SSSR count). The highest BCUT2D eigenvalue weighted by Crippen LogP contribution is 2.35. The third-order valence-electron chi connectivity index (χ3n) is 5.31. The molecular formula is C26H28N2O2S. The standard InChI is InChI=1S/C26H28N2O2S/c29-26(25(22-12-6-2-7-13-22)31-24-14-8-3-9-15-24)27-18-23-20-28(16-17-30-23)19-21-10-4-1-5-11-21/h1-15,23,25H,16-20H2,(H,27,29). The number of carbonyl (C=O) groups is 1. The second kappa shape index (κ2) is 11.1. The molecule has 1 amide bonds. The summed E-state index contributed by atoms with van der Waals surface area (Å²) in [6.45, 7) is 3.84. The molecule has 3 aromatic rings. The van der Waals surface area contributed by atoms with Crippen molar-refractivity contribution in [2.45, 2.75) is 22.8 Å². The predicted molar refractivity (Wildman–Crippen MR) is 126 cm³/mol. The summed E-state index contributed by atoms with van der Waals surface area (Å²) in [5.74, 6) is 0.0174. The van der Waals surface area contributed by atoms with Crippen molar-refractivity contribution < 1.29 is 9.53 Å². The van der Waals surface area contributed by atoms with Crippen LogP contribution >= 0.6 is 11.8 Å². The number of morpholine rings is 1. The van der Waals surface area contributed by atoms with Gasteiger partial charge in [-0.2, -0.15) is 0 Å². The number of nitrogens with one attached hydrogen (secondary N) is 1. The van der Waals surface area contributed by atoms with E-state index in [1.165, 1.54) is 5.56 Å². The second-order valence-corrected chi connectivity index (χ2v) is 8.86. The second-order valence-electron chi connectivity index (χ2n) is 7.68. The van der Waals surface area contributed by atoms with E-state index in [0.29, 0.717) is 13.2 Å². The van der Waals surface area contributed by atoms with Crippen LogP contribution in [0.5, 0.6) is 0 Å². The van der Waals surface area contributed by atoms with Gasteiger partial charge in [0.05, 0.1) is 12.7 Å². The Morgan fingerprint density at radius 3 is 2.32 bits per heavy atom. The van der Waals surface area contributed by atoms with E-state index < -0.39 is 0 Å². The van der Waals surface area contributed by atoms with Crippen LogP contribution in [0.15, 0.2) is 95.9 Å². The quantitative estimate of drug-likeness (QED) is 0.531. The Labute approximate surface area is 188 Å². The summed E-state index contributed by atoms with van der Waals surface area (Å²) in [5.41, 5.74) is 2.31. The summed E-state index contributed by atoms with van der Waals surface area (Å²) in [5, 5.41) is 2.85. The molecule has 0 aromatic heterocycles. The van der Waals surface area contributed by atoms with Gasteiger partial charge in [0.2, 0.25) is 5.91 Å². The van der Waals surface area contributed by atoms with Gasteiger partial charge < -0.3 is 10.1 Å². The Balaban J connectivity index is 1.36. The molecule has 2 atom stereocenters. The zero-order chi connectivity index (χ0) is 21.3. The zero-order valence-electron chi connectivity index (χ0n) is 17.5. The highest BCUT2D eigenvalue weighted by Gasteiger charge is 2.25. The van der Waals surface area contributed by atoms with Crippen molar-refractivity contribution in [3.05, 3.63) is 102 Å². The van der Waals surface area contributed by atoms with E-state index in [9.17, 15) is 4.79 Å². The van der Waals surface area contributed by atoms with Crippen molar-refractivity contribution in [1.82, 2.24) is 10.2 Å². The Bertz CT molecular complexity index is 937. The van der Waals surface area contributed by atoms with E-state index in [4.69, 9.17) is 4.74 Å². The van der Waals surface area contributed by atoms with Crippen LogP contribution in [0.4, 0.5) is 0 Å². The lowest BCUT2D eigenvalue weighted by atomic mass is 10.1. The predicted octanol–water partition coefficient (Wildman–Crippen LogP) is 4.54. The number of thioether (sulfide) groups is 1. The smallest absolute Gasteiger partial charge is 0.238 e. The van der Waals surface area contributed by atoms with Crippen LogP contribution in [0, 0.1) is 0 Å². The van der Waals surface area contributed by atoms with Crippen LogP contribution in [-0.4, -0.2) is 43.2 Å². The molecule has 160 valence electrons. The molecule has 1 heterocycles. The van der Waals surface area contributed by atoms with Crippen LogP contribution in [0.1, 0.15) is 16.4 Å². The van der Waals surface area contributed by atoms with Crippen LogP contribution in [-0.2, 0) is 16.1 Å². The molecule has 0 saturated carbocycles. The highest BCUT2D eigenvalue weighted by molar-refractivity contribution is 8.00. The Morgan fingerprint density at radius 2 is 1.61 bits per heavy atom. The minimum Gasteiger partial charge on any atom is -0.374 e. The van der Waals surface area contributed by atoms with Crippen molar-refractivity contribution >= 4 is 17.7 Å². The first-order chi connectivity index (χ1) is 15.3. The molecule has 31 heavy (non-hydrogen) atoms. The molecule has 4 nitrogen and oxygen atoms in total. The summed E-state index contributed by atoms with van der Waals surface area (Å²) >= 11 is 1.58. The van der Waals surface area contributed by atoms with E-state index in [1.807, 2.05) is 66.7 Å². The summed E-state index contributed by atoms with van der Waals surface area (Å²) in [4.78, 5) is 16.6. The number of ether oxygens (including phenoxy) is 1. The van der Waals surface area contributed by atoms with Crippen LogP contribution in [0.3, 0.4) is 0 Å². The van der Waals surface area contributed by atoms with E-state index in [-0.39, 0.29) is 17.3 Å². The first-order valence-corrected chi connectivity index (χ1v) is 11.6. The molecule has 1 aliphatic heterocycles. The fraction of sp³-hybridized carbons (Fsp3) is 0.269. The van der Waals surface area contributed by atoms with E-state index in [2.05, 4.69) is 34.5 Å². The van der Waals surface area contributed by atoms with Gasteiger partial charge >= 0.3 is 0 Å². The Hall–Kier alpha value is -2.60. The van der Waals surface area contributed by atoms with Gasteiger partial charge in [0.25, 0.3) is 0 Å². The normalized spacial score (nSPS) is 17.7. The van der Waals surface area contributed by atoms with Gasteiger partial charge in [-0.15, -0.1) is 11.8 Å². The van der Waals surface area contributed by atoms with Gasteiger partial charge in [-0.05, 0) is 23.3 Å². The summed E-state index contributed by atoms with van der Waals surface area (Å²) < 4.78 is 5.94. The molecule has 0 aliphatic carbocycles. The molecule has 2 unspecified atom stereocenters. The number of hydrogen-bond donors (Lipinski definition) is 1. The summed E-state index contributed by atoms with van der Waals surface area (Å²) in [7, 11) is 0. The Kier molecular flexibility index (Phi) is 7.77. The maximum atomic E-state index is 13.2. The van der Waals surface area contributed by atoms with Crippen LogP contribution in [0.25, 0.3) is 0 Å². The average Bonchev–Trinajstić information content (AvgIpc) is 2.83. The first-order valence-electron chi connectivity index (χ1n) is 10.7. The first kappa shape index (κ1) is 21.6. The lowest BCUT2D eigenvalue weighted by molar-refractivity contribution is -0.121. The topological polar surface area (TPSA) is 41.6 Å². The molecule has 1 fully saturated rings. The maximum absolute atomic E-state index is 13.2. The minimum atomic E-state index is -0.299. The van der Waals surface area contributed by atoms with Crippen LogP contribution in [0.2, 0.25) is 0 Å². The van der Waals surface area contributed by atoms with Crippen molar-refractivity contribution in [3.8, 4) is 0 Å². The number of hydrogen-bond acceptors (Lipinski definition) is 4. The van der Waals surface area contributed by atoms with Gasteiger partial charge in [-0.25, -0.2) is 0 Å². The largest absolute Gasteiger partial charge is 0.374 e. The van der Waals surface area contributed by atoms with Crippen molar-refractivity contribution in [3.63, 3.8) is 0 Å². The molecule has 1 saturated heterocycles. The number of carbonyl (C=O) groups excluding carboxylic acids is 1. The third-order valence-corrected chi connectivity index (χ3v) is 6.58. The van der Waals surface area contributed by atoms with Gasteiger partial charge in [-0.3, -0.25) is 9.69 Å². The van der Waals surface area contributed by atoms with Gasteiger partial charge in [0.15, 0.2) is 0 Å². The van der Waals surface area contributed by atoms with Crippen molar-refractivity contribution in [2.24, 2.45) is 0 Å². The van der Waals surface area contributed by atoms with E-state index in [0.717, 1.165) is 30.1 Å². The molecule has 0 radical (unpaired) electrons. The summed E-state index contributed by atoms with van der Waals surface area (Å²) in [6, 6.07) is 30.5. The van der Waals surface area contributed by atoms with Gasteiger partial charge in [0.1, 0.15) is 5.25 Å². The van der Waals surface area contributed by atoms with Gasteiger partial charge in [-0.1, -0.05) is 78.9 Å². The number of rotatable bonds is 8. The zero-order valence-corrected chi connectivity index (χ0v) is 18.3. The fourth-order valence-electron chi connectivity index (χ4n) is 3.73. The number of amides is 1. The lowest BCUT2D eigenvalue weighted by Crippen LogP contribution is -2.47. The molecular weight excluding hydrogens is 404 g/mol. The van der Waals surface area contributed by atoms with Crippen LogP contribution < -0.4 is 5.32 Å². The third kappa shape index (κ3) is 6.44. The molecule has 1 aliphatic rings. The monoisotopic (exact) mass is 432 g/mol.